The van der Waals surface area contributed by atoms with Crippen LogP contribution < -0.4 is 14.8 Å². The van der Waals surface area contributed by atoms with Crippen molar-refractivity contribution in [1.29, 1.82) is 0 Å². The predicted molar refractivity (Wildman–Crippen MR) is 102 cm³/mol. The van der Waals surface area contributed by atoms with Gasteiger partial charge in [0.1, 0.15) is 5.82 Å². The Balaban J connectivity index is 2.04. The first-order valence-corrected chi connectivity index (χ1v) is 8.51. The highest BCUT2D eigenvalue weighted by Gasteiger charge is 2.07. The number of carbonyl (C=O) groups excluding carboxylic acids is 1. The molecule has 0 unspecified atom stereocenters. The minimum absolute atomic E-state index is 0.0477. The number of nitrogens with one attached hydrogen (secondary N) is 1. The molecule has 0 saturated heterocycles. The van der Waals surface area contributed by atoms with Crippen molar-refractivity contribution >= 4 is 29.3 Å². The Morgan fingerprint density at radius 1 is 1.23 bits per heavy atom. The molecule has 2 rings (SSSR count). The zero-order chi connectivity index (χ0) is 19.1. The van der Waals surface area contributed by atoms with Crippen LogP contribution in [0.3, 0.4) is 0 Å². The lowest BCUT2D eigenvalue weighted by Gasteiger charge is -2.12. The Bertz CT molecular complexity index is 806. The van der Waals surface area contributed by atoms with Gasteiger partial charge in [-0.05, 0) is 47.9 Å². The second-order valence-electron chi connectivity index (χ2n) is 6.07. The lowest BCUT2D eigenvalue weighted by Crippen LogP contribution is -2.07. The molecule has 0 aliphatic rings. The summed E-state index contributed by atoms with van der Waals surface area (Å²) in [6.45, 7) is 4.72. The van der Waals surface area contributed by atoms with Gasteiger partial charge in [0.05, 0.1) is 18.7 Å². The highest BCUT2D eigenvalue weighted by molar-refractivity contribution is 6.31. The summed E-state index contributed by atoms with van der Waals surface area (Å²) >= 11 is 5.69. The monoisotopic (exact) mass is 377 g/mol. The lowest BCUT2D eigenvalue weighted by molar-refractivity contribution is -0.111. The van der Waals surface area contributed by atoms with Crippen LogP contribution >= 0.6 is 11.6 Å². The van der Waals surface area contributed by atoms with E-state index in [0.29, 0.717) is 29.7 Å². The highest BCUT2D eigenvalue weighted by atomic mass is 35.5. The van der Waals surface area contributed by atoms with Crippen LogP contribution in [0, 0.1) is 11.7 Å². The van der Waals surface area contributed by atoms with Crippen LogP contribution in [-0.4, -0.2) is 19.6 Å². The summed E-state index contributed by atoms with van der Waals surface area (Å²) in [5, 5.41) is 2.57. The maximum Gasteiger partial charge on any atom is 0.248 e. The van der Waals surface area contributed by atoms with E-state index in [1.54, 1.807) is 25.3 Å². The van der Waals surface area contributed by atoms with Crippen LogP contribution in [0.1, 0.15) is 19.4 Å². The second kappa shape index (κ2) is 9.25. The van der Waals surface area contributed by atoms with E-state index < -0.39 is 5.82 Å². The van der Waals surface area contributed by atoms with Crippen molar-refractivity contribution in [3.8, 4) is 11.5 Å². The number of halogens is 2. The maximum absolute atomic E-state index is 13.1. The molecule has 4 nitrogen and oxygen atoms in total. The fourth-order valence-electron chi connectivity index (χ4n) is 2.09. The minimum atomic E-state index is -0.535. The number of ether oxygens (including phenoxy) is 2. The number of amides is 1. The molecule has 0 heterocycles. The van der Waals surface area contributed by atoms with E-state index in [-0.39, 0.29) is 10.9 Å². The number of hydrogen-bond acceptors (Lipinski definition) is 3. The molecule has 0 bridgehead atoms. The smallest absolute Gasteiger partial charge is 0.248 e. The number of anilines is 1. The molecule has 2 aromatic carbocycles. The largest absolute Gasteiger partial charge is 0.493 e. The lowest BCUT2D eigenvalue weighted by atomic mass is 10.2. The van der Waals surface area contributed by atoms with E-state index in [9.17, 15) is 9.18 Å². The zero-order valence-corrected chi connectivity index (χ0v) is 15.6. The summed E-state index contributed by atoms with van der Waals surface area (Å²) in [5.74, 6) is 0.768. The first-order valence-electron chi connectivity index (χ1n) is 8.14. The van der Waals surface area contributed by atoms with Crippen LogP contribution in [0.2, 0.25) is 5.02 Å². The van der Waals surface area contributed by atoms with E-state index in [0.717, 1.165) is 5.56 Å². The number of hydrogen-bond donors (Lipinski definition) is 1. The van der Waals surface area contributed by atoms with Gasteiger partial charge in [0.15, 0.2) is 11.5 Å². The van der Waals surface area contributed by atoms with E-state index in [4.69, 9.17) is 21.1 Å². The molecule has 0 aliphatic heterocycles. The third-order valence-electron chi connectivity index (χ3n) is 3.37. The Labute approximate surface area is 157 Å². The van der Waals surface area contributed by atoms with Crippen molar-refractivity contribution in [1.82, 2.24) is 0 Å². The Hall–Kier alpha value is -2.53. The number of methoxy groups -OCH3 is 1. The van der Waals surface area contributed by atoms with Gasteiger partial charge >= 0.3 is 0 Å². The third kappa shape index (κ3) is 5.77. The Kier molecular flexibility index (Phi) is 7.04. The third-order valence-corrected chi connectivity index (χ3v) is 3.66. The average molecular weight is 378 g/mol. The van der Waals surface area contributed by atoms with Gasteiger partial charge in [-0.1, -0.05) is 31.5 Å². The summed E-state index contributed by atoms with van der Waals surface area (Å²) in [5.41, 5.74) is 1.20. The molecular weight excluding hydrogens is 357 g/mol. The first-order chi connectivity index (χ1) is 12.4. The van der Waals surface area contributed by atoms with E-state index in [1.807, 2.05) is 6.07 Å². The Morgan fingerprint density at radius 3 is 2.65 bits per heavy atom. The van der Waals surface area contributed by atoms with Gasteiger partial charge in [-0.2, -0.15) is 0 Å². The molecule has 1 N–H and O–H groups in total. The SMILES string of the molecule is COc1cc(/C=C/C(=O)Nc2ccc(F)c(Cl)c2)ccc1OCC(C)C. The molecule has 0 saturated carbocycles. The van der Waals surface area contributed by atoms with Crippen molar-refractivity contribution < 1.29 is 18.7 Å². The standard InChI is InChI=1S/C20H21ClFNO3/c1-13(2)12-26-18-8-4-14(10-19(18)25-3)5-9-20(24)23-15-6-7-17(22)16(21)11-15/h4-11,13H,12H2,1-3H3,(H,23,24)/b9-5+. The number of carbonyl (C=O) groups is 1. The topological polar surface area (TPSA) is 47.6 Å². The van der Waals surface area contributed by atoms with Crippen molar-refractivity contribution in [3.63, 3.8) is 0 Å². The van der Waals surface area contributed by atoms with Crippen LogP contribution in [0.25, 0.3) is 6.08 Å². The molecular formula is C20H21ClFNO3. The molecule has 138 valence electrons. The second-order valence-corrected chi connectivity index (χ2v) is 6.47. The van der Waals surface area contributed by atoms with Crippen LogP contribution in [0.15, 0.2) is 42.5 Å². The van der Waals surface area contributed by atoms with E-state index >= 15 is 0 Å². The fraction of sp³-hybridized carbons (Fsp3) is 0.250. The summed E-state index contributed by atoms with van der Waals surface area (Å²) in [7, 11) is 1.57. The predicted octanol–water partition coefficient (Wildman–Crippen LogP) is 5.17. The molecule has 0 spiro atoms. The molecule has 0 radical (unpaired) electrons. The van der Waals surface area contributed by atoms with Gasteiger partial charge < -0.3 is 14.8 Å². The Morgan fingerprint density at radius 2 is 2.00 bits per heavy atom. The van der Waals surface area contributed by atoms with Crippen LogP contribution in [0.4, 0.5) is 10.1 Å². The summed E-state index contributed by atoms with van der Waals surface area (Å²) in [4.78, 5) is 12.0. The maximum atomic E-state index is 13.1. The molecule has 1 amide bonds. The van der Waals surface area contributed by atoms with Gasteiger partial charge in [-0.15, -0.1) is 0 Å². The van der Waals surface area contributed by atoms with Crippen LogP contribution in [0.5, 0.6) is 11.5 Å². The molecule has 0 atom stereocenters. The highest BCUT2D eigenvalue weighted by Crippen LogP contribution is 2.29. The molecule has 6 heteroatoms. The summed E-state index contributed by atoms with van der Waals surface area (Å²) < 4.78 is 24.2. The minimum Gasteiger partial charge on any atom is -0.493 e. The first kappa shape index (κ1) is 19.8. The van der Waals surface area contributed by atoms with E-state index in [1.165, 1.54) is 24.3 Å². The fourth-order valence-corrected chi connectivity index (χ4v) is 2.27. The number of benzene rings is 2. The van der Waals surface area contributed by atoms with Gasteiger partial charge in [-0.3, -0.25) is 4.79 Å². The molecule has 2 aromatic rings. The zero-order valence-electron chi connectivity index (χ0n) is 14.9. The van der Waals surface area contributed by atoms with Crippen molar-refractivity contribution in [3.05, 3.63) is 58.9 Å². The molecule has 26 heavy (non-hydrogen) atoms. The number of rotatable bonds is 7. The van der Waals surface area contributed by atoms with Gasteiger partial charge in [-0.25, -0.2) is 4.39 Å². The summed E-state index contributed by atoms with van der Waals surface area (Å²) in [6, 6.07) is 9.41. The van der Waals surface area contributed by atoms with Gasteiger partial charge in [0.2, 0.25) is 5.91 Å². The normalized spacial score (nSPS) is 11.0. The van der Waals surface area contributed by atoms with Crippen molar-refractivity contribution in [2.45, 2.75) is 13.8 Å². The molecule has 0 fully saturated rings. The van der Waals surface area contributed by atoms with Crippen LogP contribution in [-0.2, 0) is 4.79 Å². The molecule has 0 aromatic heterocycles. The van der Waals surface area contributed by atoms with Crippen molar-refractivity contribution in [2.75, 3.05) is 19.0 Å². The molecule has 0 aliphatic carbocycles. The van der Waals surface area contributed by atoms with Crippen molar-refractivity contribution in [2.24, 2.45) is 5.92 Å². The quantitative estimate of drug-likeness (QED) is 0.677. The van der Waals surface area contributed by atoms with E-state index in [2.05, 4.69) is 19.2 Å². The van der Waals surface area contributed by atoms with Gasteiger partial charge in [0.25, 0.3) is 0 Å². The average Bonchev–Trinajstić information content (AvgIpc) is 2.61. The summed E-state index contributed by atoms with van der Waals surface area (Å²) in [6.07, 6.45) is 3.02. The van der Waals surface area contributed by atoms with Gasteiger partial charge in [0, 0.05) is 11.8 Å².